The van der Waals surface area contributed by atoms with Crippen LogP contribution in [-0.2, 0) is 0 Å². The van der Waals surface area contributed by atoms with E-state index in [1.54, 1.807) is 24.3 Å². The summed E-state index contributed by atoms with van der Waals surface area (Å²) in [5.41, 5.74) is 1.68. The third kappa shape index (κ3) is 3.40. The lowest BCUT2D eigenvalue weighted by molar-refractivity contribution is -0.385. The van der Waals surface area contributed by atoms with E-state index in [0.29, 0.717) is 10.6 Å². The van der Waals surface area contributed by atoms with E-state index in [4.69, 9.17) is 11.6 Å². The summed E-state index contributed by atoms with van der Waals surface area (Å²) in [4.78, 5) is 10.7. The highest BCUT2D eigenvalue weighted by Crippen LogP contribution is 2.30. The SMILES string of the molecule is CC(Nc1ccc(Cl)cc1I)c1ccccc1[N+](=O)[O-]. The lowest BCUT2D eigenvalue weighted by Crippen LogP contribution is -2.09. The zero-order valence-corrected chi connectivity index (χ0v) is 13.6. The predicted octanol–water partition coefficient (Wildman–Crippen LogP) is 5.03. The summed E-state index contributed by atoms with van der Waals surface area (Å²) in [5.74, 6) is 0. The van der Waals surface area contributed by atoms with Crippen molar-refractivity contribution in [3.8, 4) is 0 Å². The number of para-hydroxylation sites is 1. The summed E-state index contributed by atoms with van der Waals surface area (Å²) in [6, 6.07) is 12.1. The standard InChI is InChI=1S/C14H12ClIN2O2/c1-9(11-4-2-3-5-14(11)18(19)20)17-13-7-6-10(15)8-12(13)16/h2-9,17H,1H3. The molecule has 2 aromatic rings. The van der Waals surface area contributed by atoms with Gasteiger partial charge in [0.2, 0.25) is 0 Å². The smallest absolute Gasteiger partial charge is 0.274 e. The van der Waals surface area contributed by atoms with E-state index in [1.165, 1.54) is 6.07 Å². The van der Waals surface area contributed by atoms with Crippen LogP contribution in [0.3, 0.4) is 0 Å². The molecule has 0 saturated carbocycles. The molecule has 0 aliphatic rings. The number of nitro benzene ring substituents is 1. The number of nitrogens with zero attached hydrogens (tertiary/aromatic N) is 1. The van der Waals surface area contributed by atoms with E-state index < -0.39 is 0 Å². The van der Waals surface area contributed by atoms with E-state index >= 15 is 0 Å². The van der Waals surface area contributed by atoms with Crippen LogP contribution in [-0.4, -0.2) is 4.92 Å². The Labute approximate surface area is 135 Å². The predicted molar refractivity (Wildman–Crippen MR) is 89.3 cm³/mol. The molecule has 104 valence electrons. The van der Waals surface area contributed by atoms with Crippen molar-refractivity contribution < 1.29 is 4.92 Å². The Hall–Kier alpha value is -1.34. The second kappa shape index (κ2) is 6.41. The molecule has 1 N–H and O–H groups in total. The van der Waals surface area contributed by atoms with Gasteiger partial charge in [-0.05, 0) is 47.7 Å². The van der Waals surface area contributed by atoms with Crippen molar-refractivity contribution in [3.05, 3.63) is 66.7 Å². The first-order chi connectivity index (χ1) is 9.49. The van der Waals surface area contributed by atoms with Gasteiger partial charge in [0, 0.05) is 20.3 Å². The van der Waals surface area contributed by atoms with Gasteiger partial charge in [0.05, 0.1) is 16.5 Å². The number of halogens is 2. The molecule has 2 rings (SSSR count). The number of hydrogen-bond donors (Lipinski definition) is 1. The van der Waals surface area contributed by atoms with Crippen LogP contribution in [0.25, 0.3) is 0 Å². The average Bonchev–Trinajstić information content (AvgIpc) is 2.41. The lowest BCUT2D eigenvalue weighted by atomic mass is 10.1. The summed E-state index contributed by atoms with van der Waals surface area (Å²) in [6.07, 6.45) is 0. The Morgan fingerprint density at radius 3 is 2.65 bits per heavy atom. The molecule has 0 amide bonds. The lowest BCUT2D eigenvalue weighted by Gasteiger charge is -2.17. The van der Waals surface area contributed by atoms with Crippen molar-refractivity contribution >= 4 is 45.6 Å². The second-order valence-electron chi connectivity index (χ2n) is 4.31. The second-order valence-corrected chi connectivity index (χ2v) is 5.90. The first-order valence-electron chi connectivity index (χ1n) is 5.94. The van der Waals surface area contributed by atoms with Crippen molar-refractivity contribution in [1.29, 1.82) is 0 Å². The Balaban J connectivity index is 2.28. The van der Waals surface area contributed by atoms with Crippen LogP contribution in [0.2, 0.25) is 5.02 Å². The van der Waals surface area contributed by atoms with Crippen LogP contribution in [0.4, 0.5) is 11.4 Å². The van der Waals surface area contributed by atoms with Gasteiger partial charge in [-0.25, -0.2) is 0 Å². The zero-order chi connectivity index (χ0) is 14.7. The maximum absolute atomic E-state index is 11.0. The molecular formula is C14H12ClIN2O2. The van der Waals surface area contributed by atoms with Crippen LogP contribution in [0.5, 0.6) is 0 Å². The van der Waals surface area contributed by atoms with Crippen molar-refractivity contribution in [2.75, 3.05) is 5.32 Å². The topological polar surface area (TPSA) is 55.2 Å². The summed E-state index contributed by atoms with van der Waals surface area (Å²) in [7, 11) is 0. The Morgan fingerprint density at radius 2 is 2.00 bits per heavy atom. The van der Waals surface area contributed by atoms with Crippen molar-refractivity contribution in [2.45, 2.75) is 13.0 Å². The Bertz CT molecular complexity index is 649. The maximum Gasteiger partial charge on any atom is 0.274 e. The fourth-order valence-corrected chi connectivity index (χ4v) is 2.96. The van der Waals surface area contributed by atoms with E-state index in [-0.39, 0.29) is 16.7 Å². The minimum Gasteiger partial charge on any atom is -0.377 e. The molecule has 6 heteroatoms. The molecule has 1 unspecified atom stereocenters. The van der Waals surface area contributed by atoms with Crippen LogP contribution >= 0.6 is 34.2 Å². The summed E-state index contributed by atoms with van der Waals surface area (Å²) >= 11 is 8.10. The Morgan fingerprint density at radius 1 is 1.30 bits per heavy atom. The Kier molecular flexibility index (Phi) is 4.82. The van der Waals surface area contributed by atoms with E-state index in [0.717, 1.165) is 9.26 Å². The first-order valence-corrected chi connectivity index (χ1v) is 7.39. The van der Waals surface area contributed by atoms with Gasteiger partial charge in [0.15, 0.2) is 0 Å². The molecule has 0 bridgehead atoms. The van der Waals surface area contributed by atoms with Crippen LogP contribution in [0, 0.1) is 13.7 Å². The number of benzene rings is 2. The van der Waals surface area contributed by atoms with Gasteiger partial charge < -0.3 is 5.32 Å². The van der Waals surface area contributed by atoms with Crippen LogP contribution < -0.4 is 5.32 Å². The van der Waals surface area contributed by atoms with Gasteiger partial charge in [-0.1, -0.05) is 29.8 Å². The number of nitro groups is 1. The van der Waals surface area contributed by atoms with Gasteiger partial charge in [-0.3, -0.25) is 10.1 Å². The van der Waals surface area contributed by atoms with Gasteiger partial charge in [-0.15, -0.1) is 0 Å². The molecule has 0 spiro atoms. The number of nitrogens with one attached hydrogen (secondary N) is 1. The highest BCUT2D eigenvalue weighted by molar-refractivity contribution is 14.1. The largest absolute Gasteiger partial charge is 0.377 e. The van der Waals surface area contributed by atoms with Gasteiger partial charge in [0.1, 0.15) is 0 Å². The molecule has 0 aromatic heterocycles. The summed E-state index contributed by atoms with van der Waals surface area (Å²) in [5, 5.41) is 15.0. The molecule has 2 aromatic carbocycles. The average molecular weight is 403 g/mol. The normalized spacial score (nSPS) is 11.9. The van der Waals surface area contributed by atoms with E-state index in [9.17, 15) is 10.1 Å². The summed E-state index contributed by atoms with van der Waals surface area (Å²) < 4.78 is 0.973. The molecule has 0 heterocycles. The molecule has 0 saturated heterocycles. The molecule has 0 fully saturated rings. The molecule has 0 radical (unpaired) electrons. The number of rotatable bonds is 4. The first kappa shape index (κ1) is 15.1. The van der Waals surface area contributed by atoms with Crippen LogP contribution in [0.15, 0.2) is 42.5 Å². The molecule has 20 heavy (non-hydrogen) atoms. The fraction of sp³-hybridized carbons (Fsp3) is 0.143. The third-order valence-corrected chi connectivity index (χ3v) is 4.03. The molecule has 4 nitrogen and oxygen atoms in total. The number of hydrogen-bond acceptors (Lipinski definition) is 3. The van der Waals surface area contributed by atoms with Gasteiger partial charge in [-0.2, -0.15) is 0 Å². The van der Waals surface area contributed by atoms with Gasteiger partial charge in [0.25, 0.3) is 5.69 Å². The molecule has 0 aliphatic heterocycles. The number of anilines is 1. The van der Waals surface area contributed by atoms with E-state index in [2.05, 4.69) is 27.9 Å². The fourth-order valence-electron chi connectivity index (χ4n) is 1.94. The molecule has 1 atom stereocenters. The third-order valence-electron chi connectivity index (χ3n) is 2.90. The van der Waals surface area contributed by atoms with Crippen molar-refractivity contribution in [2.24, 2.45) is 0 Å². The maximum atomic E-state index is 11.0. The van der Waals surface area contributed by atoms with Crippen molar-refractivity contribution in [1.82, 2.24) is 0 Å². The molecular weight excluding hydrogens is 391 g/mol. The highest BCUT2D eigenvalue weighted by Gasteiger charge is 2.18. The van der Waals surface area contributed by atoms with Gasteiger partial charge >= 0.3 is 0 Å². The minimum atomic E-state index is -0.361. The molecule has 0 aliphatic carbocycles. The quantitative estimate of drug-likeness (QED) is 0.443. The van der Waals surface area contributed by atoms with Crippen molar-refractivity contribution in [3.63, 3.8) is 0 Å². The van der Waals surface area contributed by atoms with Crippen LogP contribution in [0.1, 0.15) is 18.5 Å². The monoisotopic (exact) mass is 402 g/mol. The summed E-state index contributed by atoms with van der Waals surface area (Å²) in [6.45, 7) is 1.90. The zero-order valence-electron chi connectivity index (χ0n) is 10.6. The van der Waals surface area contributed by atoms with E-state index in [1.807, 2.05) is 19.1 Å². The highest BCUT2D eigenvalue weighted by atomic mass is 127. The minimum absolute atomic E-state index is 0.122.